The Balaban J connectivity index is 1.32. The van der Waals surface area contributed by atoms with Crippen molar-refractivity contribution in [1.82, 2.24) is 0 Å². The van der Waals surface area contributed by atoms with Crippen molar-refractivity contribution in [1.29, 1.82) is 0 Å². The number of hydrogen-bond acceptors (Lipinski definition) is 6. The molecule has 0 bridgehead atoms. The monoisotopic (exact) mass is 714 g/mol. The maximum atomic E-state index is 13.2. The minimum atomic E-state index is -6.37. The summed E-state index contributed by atoms with van der Waals surface area (Å²) in [7, 11) is 0. The van der Waals surface area contributed by atoms with E-state index in [2.05, 4.69) is 11.7 Å². The molecule has 3 aromatic rings. The van der Waals surface area contributed by atoms with E-state index in [1.165, 1.54) is 0 Å². The van der Waals surface area contributed by atoms with Crippen LogP contribution in [0.25, 0.3) is 11.1 Å². The molecule has 50 heavy (non-hydrogen) atoms. The first-order chi connectivity index (χ1) is 23.6. The Hall–Kier alpha value is -4.13. The molecule has 3 rings (SSSR count). The van der Waals surface area contributed by atoms with E-state index in [4.69, 9.17) is 14.2 Å². The van der Waals surface area contributed by atoms with Crippen molar-refractivity contribution >= 4 is 11.9 Å². The van der Waals surface area contributed by atoms with E-state index < -0.39 is 30.6 Å². The summed E-state index contributed by atoms with van der Waals surface area (Å²) in [5, 5.41) is 0. The topological polar surface area (TPSA) is 71.1 Å². The zero-order valence-electron chi connectivity index (χ0n) is 27.9. The molecule has 0 aliphatic heterocycles. The van der Waals surface area contributed by atoms with Gasteiger partial charge in [0.25, 0.3) is 0 Å². The van der Waals surface area contributed by atoms with Crippen LogP contribution in [0.3, 0.4) is 0 Å². The summed E-state index contributed by atoms with van der Waals surface area (Å²) in [6, 6.07) is 20.4. The Morgan fingerprint density at radius 1 is 0.640 bits per heavy atom. The van der Waals surface area contributed by atoms with E-state index >= 15 is 0 Å². The molecule has 13 heteroatoms. The van der Waals surface area contributed by atoms with Crippen LogP contribution in [0.1, 0.15) is 85.9 Å². The summed E-state index contributed by atoms with van der Waals surface area (Å²) in [6.45, 7) is 1.94. The molecule has 0 spiro atoms. The summed E-state index contributed by atoms with van der Waals surface area (Å²) < 4.78 is 109. The fourth-order valence-electron chi connectivity index (χ4n) is 4.69. The van der Waals surface area contributed by atoms with Crippen LogP contribution < -0.4 is 9.47 Å². The van der Waals surface area contributed by atoms with E-state index in [1.54, 1.807) is 60.7 Å². The second kappa shape index (κ2) is 18.7. The number of rotatable bonds is 20. The van der Waals surface area contributed by atoms with Crippen molar-refractivity contribution in [2.75, 3.05) is 19.8 Å². The molecule has 0 aromatic heterocycles. The zero-order chi connectivity index (χ0) is 36.8. The average Bonchev–Trinajstić information content (AvgIpc) is 3.08. The Bertz CT molecular complexity index is 1470. The molecule has 0 heterocycles. The van der Waals surface area contributed by atoms with Gasteiger partial charge in [0.05, 0.1) is 23.8 Å². The van der Waals surface area contributed by atoms with E-state index in [-0.39, 0.29) is 25.1 Å². The highest BCUT2D eigenvalue weighted by molar-refractivity contribution is 5.91. The molecule has 0 aliphatic carbocycles. The maximum absolute atomic E-state index is 13.2. The third-order valence-corrected chi connectivity index (χ3v) is 7.68. The molecule has 0 saturated heterocycles. The molecule has 6 nitrogen and oxygen atoms in total. The molecule has 0 fully saturated rings. The average molecular weight is 715 g/mol. The largest absolute Gasteiger partial charge is 0.494 e. The van der Waals surface area contributed by atoms with E-state index in [9.17, 15) is 40.3 Å². The lowest BCUT2D eigenvalue weighted by Crippen LogP contribution is -2.54. The van der Waals surface area contributed by atoms with Gasteiger partial charge in [-0.3, -0.25) is 0 Å². The lowest BCUT2D eigenvalue weighted by Gasteiger charge is -2.27. The van der Waals surface area contributed by atoms with Crippen LogP contribution in [0.4, 0.5) is 30.7 Å². The van der Waals surface area contributed by atoms with E-state index in [0.29, 0.717) is 54.9 Å². The molecule has 0 saturated carbocycles. The minimum absolute atomic E-state index is 0.143. The highest BCUT2D eigenvalue weighted by atomic mass is 19.4. The summed E-state index contributed by atoms with van der Waals surface area (Å²) in [4.78, 5) is 25.0. The number of carbonyl (C=O) groups excluding carboxylic acids is 2. The van der Waals surface area contributed by atoms with Crippen LogP contribution in [0, 0.1) is 0 Å². The molecular weight excluding hydrogens is 673 g/mol. The van der Waals surface area contributed by atoms with Crippen molar-refractivity contribution < 1.29 is 59.3 Å². The molecule has 1 atom stereocenters. The van der Waals surface area contributed by atoms with Crippen LogP contribution in [-0.4, -0.2) is 55.9 Å². The third-order valence-electron chi connectivity index (χ3n) is 7.68. The number of esters is 2. The fourth-order valence-corrected chi connectivity index (χ4v) is 4.69. The summed E-state index contributed by atoms with van der Waals surface area (Å²) in [5.74, 6) is -11.5. The van der Waals surface area contributed by atoms with Crippen LogP contribution >= 0.6 is 0 Å². The van der Waals surface area contributed by atoms with Crippen molar-refractivity contribution in [2.45, 2.75) is 89.3 Å². The molecule has 274 valence electrons. The summed E-state index contributed by atoms with van der Waals surface area (Å²) in [5.41, 5.74) is 2.54. The molecule has 0 N–H and O–H groups in total. The standard InChI is InChI=1S/C37H41F7O6/c1-3-4-10-26(2)49-33(45)29-13-11-27(12-14-29)28-15-21-32(22-16-28)50-34(46)30-17-19-31(20-18-30)48-24-9-7-5-6-8-23-47-25-35(38,39)36(40,41)37(42,43)44/h11-22,26H,3-10,23-25H2,1-2H3. The molecule has 0 aliphatic rings. The van der Waals surface area contributed by atoms with Gasteiger partial charge in [0.15, 0.2) is 0 Å². The van der Waals surface area contributed by atoms with E-state index in [0.717, 1.165) is 30.4 Å². The second-order valence-electron chi connectivity index (χ2n) is 11.8. The predicted molar refractivity (Wildman–Crippen MR) is 173 cm³/mol. The van der Waals surface area contributed by atoms with Crippen LogP contribution in [-0.2, 0) is 9.47 Å². The van der Waals surface area contributed by atoms with Crippen LogP contribution in [0.5, 0.6) is 11.5 Å². The van der Waals surface area contributed by atoms with Gasteiger partial charge >= 0.3 is 30.0 Å². The van der Waals surface area contributed by atoms with Gasteiger partial charge in [-0.1, -0.05) is 63.3 Å². The van der Waals surface area contributed by atoms with Gasteiger partial charge in [0.2, 0.25) is 0 Å². The quantitative estimate of drug-likeness (QED) is 0.0502. The van der Waals surface area contributed by atoms with Gasteiger partial charge in [0, 0.05) is 6.61 Å². The van der Waals surface area contributed by atoms with Gasteiger partial charge in [-0.25, -0.2) is 9.59 Å². The maximum Gasteiger partial charge on any atom is 0.459 e. The number of alkyl halides is 7. The van der Waals surface area contributed by atoms with Gasteiger partial charge in [-0.15, -0.1) is 0 Å². The highest BCUT2D eigenvalue weighted by Gasteiger charge is 2.72. The third kappa shape index (κ3) is 12.0. The molecule has 1 unspecified atom stereocenters. The van der Waals surface area contributed by atoms with Gasteiger partial charge < -0.3 is 18.9 Å². The number of hydrogen-bond donors (Lipinski definition) is 0. The first kappa shape index (κ1) is 40.3. The first-order valence-electron chi connectivity index (χ1n) is 16.4. The van der Waals surface area contributed by atoms with Crippen molar-refractivity contribution in [3.8, 4) is 22.6 Å². The van der Waals surface area contributed by atoms with Crippen LogP contribution in [0.2, 0.25) is 0 Å². The summed E-state index contributed by atoms with van der Waals surface area (Å²) >= 11 is 0. The Labute approximate surface area is 286 Å². The molecule has 3 aromatic carbocycles. The Kier molecular flexibility index (Phi) is 15.1. The number of ether oxygens (including phenoxy) is 4. The number of halogens is 7. The van der Waals surface area contributed by atoms with Crippen molar-refractivity contribution in [3.63, 3.8) is 0 Å². The molecular formula is C37H41F7O6. The number of benzene rings is 3. The number of carbonyl (C=O) groups is 2. The highest BCUT2D eigenvalue weighted by Crippen LogP contribution is 2.46. The SMILES string of the molecule is CCCCC(C)OC(=O)c1ccc(-c2ccc(OC(=O)c3ccc(OCCCCCCCOCC(F)(F)C(F)(F)C(F)(F)F)cc3)cc2)cc1. The minimum Gasteiger partial charge on any atom is -0.494 e. The second-order valence-corrected chi connectivity index (χ2v) is 11.8. The molecule has 0 amide bonds. The lowest BCUT2D eigenvalue weighted by atomic mass is 10.0. The zero-order valence-corrected chi connectivity index (χ0v) is 27.9. The number of unbranched alkanes of at least 4 members (excludes halogenated alkanes) is 5. The predicted octanol–water partition coefficient (Wildman–Crippen LogP) is 10.5. The lowest BCUT2D eigenvalue weighted by molar-refractivity contribution is -0.361. The molecule has 0 radical (unpaired) electrons. The van der Waals surface area contributed by atoms with Crippen LogP contribution in [0.15, 0.2) is 72.8 Å². The van der Waals surface area contributed by atoms with Gasteiger partial charge in [-0.2, -0.15) is 30.7 Å². The Morgan fingerprint density at radius 3 is 1.72 bits per heavy atom. The summed E-state index contributed by atoms with van der Waals surface area (Å²) in [6.07, 6.45) is -0.934. The smallest absolute Gasteiger partial charge is 0.459 e. The van der Waals surface area contributed by atoms with Crippen molar-refractivity contribution in [3.05, 3.63) is 83.9 Å². The van der Waals surface area contributed by atoms with Gasteiger partial charge in [0.1, 0.15) is 18.1 Å². The van der Waals surface area contributed by atoms with E-state index in [1.807, 2.05) is 19.1 Å². The first-order valence-corrected chi connectivity index (χ1v) is 16.4. The normalized spacial score (nSPS) is 12.7. The Morgan fingerprint density at radius 2 is 1.14 bits per heavy atom. The van der Waals surface area contributed by atoms with Crippen molar-refractivity contribution in [2.24, 2.45) is 0 Å². The van der Waals surface area contributed by atoms with Gasteiger partial charge in [-0.05, 0) is 85.8 Å². The fraction of sp³-hybridized carbons (Fsp3) is 0.459.